The minimum absolute atomic E-state index is 0.116. The summed E-state index contributed by atoms with van der Waals surface area (Å²) < 4.78 is 0. The highest BCUT2D eigenvalue weighted by molar-refractivity contribution is 5.87. The fourth-order valence-corrected chi connectivity index (χ4v) is 0.778. The molecule has 0 aliphatic carbocycles. The van der Waals surface area contributed by atoms with Crippen LogP contribution in [0.2, 0.25) is 0 Å². The summed E-state index contributed by atoms with van der Waals surface area (Å²) in [5.74, 6) is 0.116. The maximum absolute atomic E-state index is 11.0. The molecular weight excluding hydrogens is 116 g/mol. The Balaban J connectivity index is 2.78. The van der Waals surface area contributed by atoms with E-state index >= 15 is 0 Å². The van der Waals surface area contributed by atoms with E-state index in [1.165, 1.54) is 0 Å². The van der Waals surface area contributed by atoms with Gasteiger partial charge in [-0.15, -0.1) is 0 Å². The van der Waals surface area contributed by atoms with Crippen molar-refractivity contribution in [3.8, 4) is 0 Å². The number of carbonyl (C=O) groups is 1. The Kier molecular flexibility index (Phi) is 1.24. The van der Waals surface area contributed by atoms with Gasteiger partial charge in [0.15, 0.2) is 0 Å². The Hall–Kier alpha value is -0.570. The molecular formula is C6H12N2O. The summed E-state index contributed by atoms with van der Waals surface area (Å²) in [6.45, 7) is 4.50. The Morgan fingerprint density at radius 2 is 2.22 bits per heavy atom. The van der Waals surface area contributed by atoms with E-state index in [2.05, 4.69) is 5.32 Å². The molecule has 1 heterocycles. The molecule has 1 fully saturated rings. The zero-order valence-electron chi connectivity index (χ0n) is 6.06. The van der Waals surface area contributed by atoms with Crippen LogP contribution < -0.4 is 5.32 Å². The first-order valence-corrected chi connectivity index (χ1v) is 3.04. The van der Waals surface area contributed by atoms with Crippen molar-refractivity contribution in [1.29, 1.82) is 0 Å². The van der Waals surface area contributed by atoms with Crippen LogP contribution in [0.1, 0.15) is 13.8 Å². The van der Waals surface area contributed by atoms with Crippen LogP contribution in [0.4, 0.5) is 0 Å². The lowest BCUT2D eigenvalue weighted by Gasteiger charge is -2.22. The summed E-state index contributed by atoms with van der Waals surface area (Å²) in [5.41, 5.74) is -0.306. The molecule has 0 atom stereocenters. The summed E-state index contributed by atoms with van der Waals surface area (Å²) >= 11 is 0. The topological polar surface area (TPSA) is 32.3 Å². The average molecular weight is 128 g/mol. The monoisotopic (exact) mass is 128 g/mol. The van der Waals surface area contributed by atoms with Crippen LogP contribution in [0.5, 0.6) is 0 Å². The normalized spacial score (nSPS) is 26.3. The van der Waals surface area contributed by atoms with Gasteiger partial charge < -0.3 is 5.32 Å². The van der Waals surface area contributed by atoms with E-state index in [0.29, 0.717) is 6.67 Å². The molecule has 0 spiro atoms. The molecule has 3 nitrogen and oxygen atoms in total. The quantitative estimate of drug-likeness (QED) is 0.489. The third kappa shape index (κ3) is 0.812. The average Bonchev–Trinajstić information content (AvgIpc) is 1.96. The third-order valence-corrected chi connectivity index (χ3v) is 1.99. The van der Waals surface area contributed by atoms with Crippen molar-refractivity contribution in [3.05, 3.63) is 0 Å². The first kappa shape index (κ1) is 6.55. The number of nitrogens with one attached hydrogen (secondary N) is 1. The highest BCUT2D eigenvalue weighted by Crippen LogP contribution is 2.15. The zero-order chi connectivity index (χ0) is 7.07. The van der Waals surface area contributed by atoms with Gasteiger partial charge in [0.2, 0.25) is 5.91 Å². The number of rotatable bonds is 0. The number of hydrogen-bond donors (Lipinski definition) is 1. The zero-order valence-corrected chi connectivity index (χ0v) is 6.06. The molecule has 1 aliphatic heterocycles. The predicted molar refractivity (Wildman–Crippen MR) is 34.9 cm³/mol. The number of amides is 1. The number of carbonyl (C=O) groups excluding carboxylic acids is 1. The van der Waals surface area contributed by atoms with E-state index in [-0.39, 0.29) is 11.4 Å². The Bertz CT molecular complexity index is 142. The van der Waals surface area contributed by atoms with E-state index in [9.17, 15) is 4.79 Å². The van der Waals surface area contributed by atoms with Gasteiger partial charge in [-0.1, -0.05) is 0 Å². The fraction of sp³-hybridized carbons (Fsp3) is 0.833. The second-order valence-electron chi connectivity index (χ2n) is 2.92. The van der Waals surface area contributed by atoms with Crippen molar-refractivity contribution in [2.45, 2.75) is 19.4 Å². The number of likely N-dealkylation sites (N-methyl/N-ethyl adjacent to an activating group) is 1. The molecule has 0 aromatic rings. The molecule has 1 rings (SSSR count). The van der Waals surface area contributed by atoms with Gasteiger partial charge in [0.05, 0.1) is 12.2 Å². The van der Waals surface area contributed by atoms with Crippen molar-refractivity contribution in [1.82, 2.24) is 10.2 Å². The maximum Gasteiger partial charge on any atom is 0.240 e. The summed E-state index contributed by atoms with van der Waals surface area (Å²) in [4.78, 5) is 12.9. The molecule has 0 aromatic carbocycles. The van der Waals surface area contributed by atoms with Crippen LogP contribution in [-0.2, 0) is 4.79 Å². The Labute approximate surface area is 55.0 Å². The first-order valence-electron chi connectivity index (χ1n) is 3.04. The lowest BCUT2D eigenvalue weighted by atomic mass is 10.1. The minimum Gasteiger partial charge on any atom is -0.342 e. The van der Waals surface area contributed by atoms with E-state index in [0.717, 1.165) is 0 Å². The number of nitrogens with zero attached hydrogens (tertiary/aromatic N) is 1. The molecule has 1 N–H and O–H groups in total. The van der Waals surface area contributed by atoms with Gasteiger partial charge in [-0.25, -0.2) is 0 Å². The summed E-state index contributed by atoms with van der Waals surface area (Å²) in [6.07, 6.45) is 0. The van der Waals surface area contributed by atoms with Gasteiger partial charge in [-0.05, 0) is 20.9 Å². The molecule has 0 saturated carbocycles. The molecule has 1 amide bonds. The molecule has 0 aromatic heterocycles. The van der Waals surface area contributed by atoms with Crippen LogP contribution in [0.3, 0.4) is 0 Å². The van der Waals surface area contributed by atoms with Crippen LogP contribution in [0.25, 0.3) is 0 Å². The van der Waals surface area contributed by atoms with Crippen molar-refractivity contribution >= 4 is 5.91 Å². The Morgan fingerprint density at radius 1 is 1.67 bits per heavy atom. The summed E-state index contributed by atoms with van der Waals surface area (Å²) in [6, 6.07) is 0. The highest BCUT2D eigenvalue weighted by atomic mass is 16.2. The third-order valence-electron chi connectivity index (χ3n) is 1.99. The lowest BCUT2D eigenvalue weighted by Crippen LogP contribution is -2.40. The molecule has 0 radical (unpaired) electrons. The van der Waals surface area contributed by atoms with Crippen molar-refractivity contribution in [3.63, 3.8) is 0 Å². The molecule has 1 aliphatic rings. The molecule has 52 valence electrons. The van der Waals surface area contributed by atoms with E-state index in [4.69, 9.17) is 0 Å². The standard InChI is InChI=1S/C6H12N2O/c1-6(2)5(9)7-4-8(6)3/h4H2,1-3H3,(H,7,9). The minimum atomic E-state index is -0.306. The Morgan fingerprint density at radius 3 is 2.33 bits per heavy atom. The largest absolute Gasteiger partial charge is 0.342 e. The second-order valence-corrected chi connectivity index (χ2v) is 2.92. The molecule has 1 saturated heterocycles. The molecule has 3 heteroatoms. The van der Waals surface area contributed by atoms with Gasteiger partial charge in [0.1, 0.15) is 0 Å². The van der Waals surface area contributed by atoms with Crippen molar-refractivity contribution < 1.29 is 4.79 Å². The van der Waals surface area contributed by atoms with Crippen LogP contribution >= 0.6 is 0 Å². The SMILES string of the molecule is CN1CNC(=O)C1(C)C. The molecule has 9 heavy (non-hydrogen) atoms. The van der Waals surface area contributed by atoms with E-state index in [1.807, 2.05) is 25.8 Å². The maximum atomic E-state index is 11.0. The van der Waals surface area contributed by atoms with E-state index in [1.54, 1.807) is 0 Å². The van der Waals surface area contributed by atoms with Gasteiger partial charge >= 0.3 is 0 Å². The van der Waals surface area contributed by atoms with Gasteiger partial charge in [0.25, 0.3) is 0 Å². The van der Waals surface area contributed by atoms with Gasteiger partial charge in [-0.3, -0.25) is 9.69 Å². The predicted octanol–water partition coefficient (Wildman–Crippen LogP) is -0.216. The van der Waals surface area contributed by atoms with Crippen molar-refractivity contribution in [2.75, 3.05) is 13.7 Å². The van der Waals surface area contributed by atoms with E-state index < -0.39 is 0 Å². The number of hydrogen-bond acceptors (Lipinski definition) is 2. The van der Waals surface area contributed by atoms with Crippen LogP contribution in [-0.4, -0.2) is 30.1 Å². The van der Waals surface area contributed by atoms with Crippen LogP contribution in [0, 0.1) is 0 Å². The lowest BCUT2D eigenvalue weighted by molar-refractivity contribution is -0.124. The molecule has 0 bridgehead atoms. The van der Waals surface area contributed by atoms with Gasteiger partial charge in [0, 0.05) is 0 Å². The smallest absolute Gasteiger partial charge is 0.240 e. The first-order chi connectivity index (χ1) is 4.05. The van der Waals surface area contributed by atoms with Gasteiger partial charge in [-0.2, -0.15) is 0 Å². The summed E-state index contributed by atoms with van der Waals surface area (Å²) in [5, 5.41) is 2.75. The molecule has 0 unspecified atom stereocenters. The highest BCUT2D eigenvalue weighted by Gasteiger charge is 2.37. The van der Waals surface area contributed by atoms with Crippen LogP contribution in [0.15, 0.2) is 0 Å². The second kappa shape index (κ2) is 1.70. The fourth-order valence-electron chi connectivity index (χ4n) is 0.778. The van der Waals surface area contributed by atoms with Crippen molar-refractivity contribution in [2.24, 2.45) is 0 Å². The summed E-state index contributed by atoms with van der Waals surface area (Å²) in [7, 11) is 1.93.